The summed E-state index contributed by atoms with van der Waals surface area (Å²) in [5, 5.41) is 6.86. The van der Waals surface area contributed by atoms with Crippen molar-refractivity contribution in [2.24, 2.45) is 5.73 Å². The van der Waals surface area contributed by atoms with E-state index in [0.29, 0.717) is 18.0 Å². The second-order valence-electron chi connectivity index (χ2n) is 4.37. The lowest BCUT2D eigenvalue weighted by Crippen LogP contribution is -2.47. The van der Waals surface area contributed by atoms with E-state index in [1.165, 1.54) is 6.26 Å². The van der Waals surface area contributed by atoms with E-state index in [1.807, 2.05) is 4.90 Å². The molecule has 2 rings (SSSR count). The zero-order chi connectivity index (χ0) is 14.0. The van der Waals surface area contributed by atoms with Gasteiger partial charge in [-0.15, -0.1) is 0 Å². The van der Waals surface area contributed by atoms with Gasteiger partial charge in [-0.25, -0.2) is 8.42 Å². The van der Waals surface area contributed by atoms with Crippen molar-refractivity contribution in [3.05, 3.63) is 24.0 Å². The number of pyridine rings is 1. The Labute approximate surface area is 116 Å². The van der Waals surface area contributed by atoms with Crippen molar-refractivity contribution in [3.63, 3.8) is 0 Å². The Morgan fingerprint density at radius 3 is 3.00 bits per heavy atom. The summed E-state index contributed by atoms with van der Waals surface area (Å²) in [6.07, 6.45) is 2.80. The molecule has 0 spiro atoms. The summed E-state index contributed by atoms with van der Waals surface area (Å²) in [7, 11) is -3.16. The lowest BCUT2D eigenvalue weighted by Gasteiger charge is -2.35. The van der Waals surface area contributed by atoms with Crippen LogP contribution in [-0.2, 0) is 9.84 Å². The lowest BCUT2D eigenvalue weighted by molar-refractivity contribution is 0.584. The van der Waals surface area contributed by atoms with E-state index >= 15 is 0 Å². The highest BCUT2D eigenvalue weighted by Crippen LogP contribution is 2.26. The molecule has 1 aliphatic heterocycles. The average Bonchev–Trinajstić information content (AvgIpc) is 2.38. The van der Waals surface area contributed by atoms with E-state index in [0.717, 1.165) is 11.4 Å². The van der Waals surface area contributed by atoms with Crippen molar-refractivity contribution >= 4 is 33.1 Å². The van der Waals surface area contributed by atoms with Gasteiger partial charge in [0.15, 0.2) is 9.84 Å². The molecule has 0 aromatic carbocycles. The fourth-order valence-corrected chi connectivity index (χ4v) is 4.82. The van der Waals surface area contributed by atoms with Gasteiger partial charge in [0.1, 0.15) is 16.9 Å². The summed E-state index contributed by atoms with van der Waals surface area (Å²) >= 11 is 1.64. The van der Waals surface area contributed by atoms with Gasteiger partial charge in [0.25, 0.3) is 0 Å². The van der Waals surface area contributed by atoms with E-state index in [9.17, 15) is 8.42 Å². The smallest absolute Gasteiger partial charge is 0.169 e. The average molecular weight is 300 g/mol. The Balaban J connectivity index is 2.38. The minimum Gasteiger partial charge on any atom is -0.382 e. The summed E-state index contributed by atoms with van der Waals surface area (Å²) in [5.74, 6) is 1.31. The number of nitrogens with zero attached hydrogens (tertiary/aromatic N) is 2. The van der Waals surface area contributed by atoms with Crippen molar-refractivity contribution in [1.29, 1.82) is 5.41 Å². The molecule has 1 aliphatic rings. The van der Waals surface area contributed by atoms with Gasteiger partial charge >= 0.3 is 0 Å². The first-order valence-corrected chi connectivity index (χ1v) is 8.84. The maximum absolute atomic E-state index is 11.9. The van der Waals surface area contributed by atoms with Crippen molar-refractivity contribution < 1.29 is 8.42 Å². The van der Waals surface area contributed by atoms with Crippen LogP contribution < -0.4 is 10.6 Å². The summed E-state index contributed by atoms with van der Waals surface area (Å²) in [4.78, 5) is 5.84. The largest absolute Gasteiger partial charge is 0.382 e. The Morgan fingerprint density at radius 2 is 2.37 bits per heavy atom. The molecule has 0 radical (unpaired) electrons. The maximum atomic E-state index is 11.9. The molecule has 1 aromatic heterocycles. The number of rotatable bonds is 3. The molecule has 104 valence electrons. The van der Waals surface area contributed by atoms with Gasteiger partial charge in [0, 0.05) is 36.2 Å². The van der Waals surface area contributed by atoms with Gasteiger partial charge in [-0.3, -0.25) is 10.4 Å². The van der Waals surface area contributed by atoms with Crippen LogP contribution in [0.3, 0.4) is 0 Å². The van der Waals surface area contributed by atoms with Gasteiger partial charge in [-0.2, -0.15) is 11.8 Å². The number of hydrogen-bond donors (Lipinski definition) is 2. The number of anilines is 1. The molecule has 1 aromatic rings. The molecule has 1 fully saturated rings. The molecular formula is C11H16N4O2S2. The molecule has 8 heteroatoms. The molecule has 2 heterocycles. The minimum absolute atomic E-state index is 0.121. The fraction of sp³-hybridized carbons (Fsp3) is 0.455. The number of hydrogen-bond acceptors (Lipinski definition) is 6. The molecule has 3 N–H and O–H groups in total. The number of aromatic nitrogens is 1. The third-order valence-corrected chi connectivity index (χ3v) is 5.57. The van der Waals surface area contributed by atoms with E-state index < -0.39 is 15.2 Å². The van der Waals surface area contributed by atoms with Crippen molar-refractivity contribution in [2.45, 2.75) is 5.37 Å². The third-order valence-electron chi connectivity index (χ3n) is 2.93. The van der Waals surface area contributed by atoms with Crippen LogP contribution >= 0.6 is 11.8 Å². The van der Waals surface area contributed by atoms with E-state index in [4.69, 9.17) is 11.1 Å². The Hall–Kier alpha value is -1.28. The molecule has 1 unspecified atom stereocenters. The maximum Gasteiger partial charge on any atom is 0.169 e. The first-order valence-electron chi connectivity index (χ1n) is 5.73. The van der Waals surface area contributed by atoms with Crippen molar-refractivity contribution in [2.75, 3.05) is 29.2 Å². The zero-order valence-electron chi connectivity index (χ0n) is 10.5. The van der Waals surface area contributed by atoms with Crippen LogP contribution in [0.5, 0.6) is 0 Å². The fourth-order valence-electron chi connectivity index (χ4n) is 1.98. The SMILES string of the molecule is CS(=O)(=O)C1CSCCN1c1ccnc(C(=N)N)c1. The van der Waals surface area contributed by atoms with Crippen LogP contribution in [0.1, 0.15) is 5.69 Å². The van der Waals surface area contributed by atoms with Crippen LogP contribution in [0.4, 0.5) is 5.69 Å². The van der Waals surface area contributed by atoms with Crippen molar-refractivity contribution in [3.8, 4) is 0 Å². The molecule has 6 nitrogen and oxygen atoms in total. The molecule has 19 heavy (non-hydrogen) atoms. The van der Waals surface area contributed by atoms with Gasteiger partial charge < -0.3 is 10.6 Å². The number of nitrogens with two attached hydrogens (primary N) is 1. The number of sulfone groups is 1. The van der Waals surface area contributed by atoms with Crippen LogP contribution in [-0.4, -0.2) is 48.9 Å². The van der Waals surface area contributed by atoms with E-state index in [2.05, 4.69) is 4.98 Å². The highest BCUT2D eigenvalue weighted by atomic mass is 32.2. The van der Waals surface area contributed by atoms with E-state index in [-0.39, 0.29) is 5.84 Å². The van der Waals surface area contributed by atoms with Gasteiger partial charge in [0.05, 0.1) is 0 Å². The zero-order valence-corrected chi connectivity index (χ0v) is 12.2. The molecule has 0 aliphatic carbocycles. The highest BCUT2D eigenvalue weighted by Gasteiger charge is 2.31. The van der Waals surface area contributed by atoms with Gasteiger partial charge in [-0.1, -0.05) is 0 Å². The first kappa shape index (κ1) is 14.1. The molecule has 1 atom stereocenters. The number of thioether (sulfide) groups is 1. The minimum atomic E-state index is -3.16. The van der Waals surface area contributed by atoms with Crippen LogP contribution in [0.2, 0.25) is 0 Å². The van der Waals surface area contributed by atoms with E-state index in [1.54, 1.807) is 30.1 Å². The van der Waals surface area contributed by atoms with Crippen LogP contribution in [0.15, 0.2) is 18.3 Å². The summed E-state index contributed by atoms with van der Waals surface area (Å²) in [5.41, 5.74) is 6.52. The Bertz CT molecular complexity index is 588. The Morgan fingerprint density at radius 1 is 1.63 bits per heavy atom. The second kappa shape index (κ2) is 5.38. The monoisotopic (exact) mass is 300 g/mol. The number of nitrogen functional groups attached to an aromatic ring is 1. The van der Waals surface area contributed by atoms with Crippen LogP contribution in [0.25, 0.3) is 0 Å². The predicted molar refractivity (Wildman–Crippen MR) is 78.6 cm³/mol. The molecule has 0 bridgehead atoms. The topological polar surface area (TPSA) is 100 Å². The third kappa shape index (κ3) is 3.19. The number of amidine groups is 1. The molecule has 1 saturated heterocycles. The highest BCUT2D eigenvalue weighted by molar-refractivity contribution is 8.01. The normalized spacial score (nSPS) is 20.3. The molecule has 0 amide bonds. The predicted octanol–water partition coefficient (Wildman–Crippen LogP) is 0.290. The van der Waals surface area contributed by atoms with Gasteiger partial charge in [-0.05, 0) is 12.1 Å². The first-order chi connectivity index (χ1) is 8.89. The molecular weight excluding hydrogens is 284 g/mol. The van der Waals surface area contributed by atoms with Crippen LogP contribution in [0, 0.1) is 5.41 Å². The number of nitrogens with one attached hydrogen (secondary N) is 1. The quantitative estimate of drug-likeness (QED) is 0.615. The second-order valence-corrected chi connectivity index (χ2v) is 7.72. The van der Waals surface area contributed by atoms with Gasteiger partial charge in [0.2, 0.25) is 0 Å². The van der Waals surface area contributed by atoms with Crippen molar-refractivity contribution in [1.82, 2.24) is 4.98 Å². The standard InChI is InChI=1S/C11H16N4O2S2/c1-19(16,17)10-7-18-5-4-15(10)8-2-3-14-9(6-8)11(12)13/h2-3,6,10H,4-5,7H2,1H3,(H3,12,13). The lowest BCUT2D eigenvalue weighted by atomic mass is 10.2. The Kier molecular flexibility index (Phi) is 4.00. The molecule has 0 saturated carbocycles. The summed E-state index contributed by atoms with van der Waals surface area (Å²) in [6.45, 7) is 0.657. The summed E-state index contributed by atoms with van der Waals surface area (Å²) in [6, 6.07) is 3.41. The summed E-state index contributed by atoms with van der Waals surface area (Å²) < 4.78 is 23.7.